The van der Waals surface area contributed by atoms with E-state index in [9.17, 15) is 0 Å². The second-order valence-corrected chi connectivity index (χ2v) is 13.5. The summed E-state index contributed by atoms with van der Waals surface area (Å²) < 4.78 is 0. The van der Waals surface area contributed by atoms with Gasteiger partial charge in [0.15, 0.2) is 5.82 Å². The van der Waals surface area contributed by atoms with Crippen LogP contribution in [0.25, 0.3) is 99.6 Å². The number of hydrogen-bond donors (Lipinski definition) is 0. The monoisotopic (exact) mass is 685 g/mol. The quantitative estimate of drug-likeness (QED) is 0.164. The van der Waals surface area contributed by atoms with Crippen molar-refractivity contribution in [3.8, 4) is 67.3 Å². The van der Waals surface area contributed by atoms with Gasteiger partial charge in [0.2, 0.25) is 0 Å². The summed E-state index contributed by atoms with van der Waals surface area (Å²) in [5.41, 5.74) is 11.5. The number of rotatable bonds is 6. The van der Waals surface area contributed by atoms with Gasteiger partial charge >= 0.3 is 0 Å². The molecule has 3 heteroatoms. The van der Waals surface area contributed by atoms with Crippen LogP contribution in [0.3, 0.4) is 0 Å². The Morgan fingerprint density at radius 3 is 1.39 bits per heavy atom. The van der Waals surface area contributed by atoms with Crippen LogP contribution in [0.1, 0.15) is 0 Å². The van der Waals surface area contributed by atoms with Gasteiger partial charge in [-0.3, -0.25) is 4.98 Å². The molecular weight excluding hydrogens is 655 g/mol. The van der Waals surface area contributed by atoms with Crippen molar-refractivity contribution in [1.29, 1.82) is 0 Å². The number of fused-ring (bicyclic) bond motifs is 6. The zero-order valence-electron chi connectivity index (χ0n) is 29.2. The smallest absolute Gasteiger partial charge is 0.160 e. The second-order valence-electron chi connectivity index (χ2n) is 13.5. The maximum absolute atomic E-state index is 5.14. The average molecular weight is 686 g/mol. The molecule has 0 aliphatic rings. The Bertz CT molecular complexity index is 2800. The Labute approximate surface area is 313 Å². The third kappa shape index (κ3) is 5.73. The number of aromatic nitrogens is 3. The van der Waals surface area contributed by atoms with E-state index in [2.05, 4.69) is 169 Å². The zero-order valence-corrected chi connectivity index (χ0v) is 29.2. The van der Waals surface area contributed by atoms with Crippen molar-refractivity contribution < 1.29 is 0 Å². The molecule has 250 valence electrons. The number of nitrogens with zero attached hydrogens (tertiary/aromatic N) is 3. The number of pyridine rings is 1. The molecule has 0 aliphatic heterocycles. The van der Waals surface area contributed by atoms with Crippen LogP contribution in [-0.2, 0) is 0 Å². The summed E-state index contributed by atoms with van der Waals surface area (Å²) in [4.78, 5) is 14.6. The molecule has 0 saturated heterocycles. The van der Waals surface area contributed by atoms with E-state index in [4.69, 9.17) is 9.97 Å². The Morgan fingerprint density at radius 1 is 0.333 bits per heavy atom. The van der Waals surface area contributed by atoms with Crippen LogP contribution in [0.4, 0.5) is 0 Å². The van der Waals surface area contributed by atoms with E-state index in [0.29, 0.717) is 5.82 Å². The fourth-order valence-electron chi connectivity index (χ4n) is 7.50. The zero-order chi connectivity index (χ0) is 35.8. The molecular formula is C51H31N3. The molecule has 2 heterocycles. The van der Waals surface area contributed by atoms with Crippen molar-refractivity contribution in [1.82, 2.24) is 15.0 Å². The van der Waals surface area contributed by atoms with Gasteiger partial charge in [-0.15, -0.1) is 0 Å². The van der Waals surface area contributed by atoms with Crippen molar-refractivity contribution in [2.24, 2.45) is 0 Å². The lowest BCUT2D eigenvalue weighted by Crippen LogP contribution is -1.96. The predicted molar refractivity (Wildman–Crippen MR) is 223 cm³/mol. The predicted octanol–water partition coefficient (Wildman–Crippen LogP) is 12.9. The Hall–Kier alpha value is -7.41. The van der Waals surface area contributed by atoms with Crippen LogP contribution < -0.4 is 0 Å². The molecule has 2 aromatic heterocycles. The van der Waals surface area contributed by atoms with Crippen molar-refractivity contribution in [2.45, 2.75) is 0 Å². The van der Waals surface area contributed by atoms with Crippen LogP contribution in [0.2, 0.25) is 0 Å². The van der Waals surface area contributed by atoms with Gasteiger partial charge in [0.25, 0.3) is 0 Å². The lowest BCUT2D eigenvalue weighted by molar-refractivity contribution is 1.18. The molecule has 0 radical (unpaired) electrons. The second kappa shape index (κ2) is 13.3. The molecule has 3 nitrogen and oxygen atoms in total. The van der Waals surface area contributed by atoms with Gasteiger partial charge in [-0.1, -0.05) is 152 Å². The highest BCUT2D eigenvalue weighted by Gasteiger charge is 2.14. The van der Waals surface area contributed by atoms with Gasteiger partial charge < -0.3 is 0 Å². The molecule has 8 aromatic carbocycles. The van der Waals surface area contributed by atoms with Gasteiger partial charge in [-0.2, -0.15) is 0 Å². The van der Waals surface area contributed by atoms with Gasteiger partial charge in [0.1, 0.15) is 0 Å². The number of hydrogen-bond acceptors (Lipinski definition) is 3. The minimum absolute atomic E-state index is 0.679. The van der Waals surface area contributed by atoms with E-state index in [1.54, 1.807) is 6.20 Å². The first-order valence-electron chi connectivity index (χ1n) is 18.1. The summed E-state index contributed by atoms with van der Waals surface area (Å²) in [6.07, 6.45) is 3.68. The van der Waals surface area contributed by atoms with Gasteiger partial charge in [0, 0.05) is 29.1 Å². The highest BCUT2D eigenvalue weighted by molar-refractivity contribution is 6.25. The molecule has 10 rings (SSSR count). The van der Waals surface area contributed by atoms with Crippen molar-refractivity contribution in [3.05, 3.63) is 200 Å². The molecule has 0 aliphatic carbocycles. The molecule has 54 heavy (non-hydrogen) atoms. The summed E-state index contributed by atoms with van der Waals surface area (Å²) in [6, 6.07) is 68.0. The summed E-state index contributed by atoms with van der Waals surface area (Å²) in [7, 11) is 0. The number of benzene rings is 7. The fourth-order valence-corrected chi connectivity index (χ4v) is 7.50. The van der Waals surface area contributed by atoms with Crippen LogP contribution in [0.15, 0.2) is 188 Å². The molecule has 0 saturated carbocycles. The third-order valence-electron chi connectivity index (χ3n) is 10.3. The van der Waals surface area contributed by atoms with Crippen LogP contribution in [0.5, 0.6) is 0 Å². The van der Waals surface area contributed by atoms with Crippen molar-refractivity contribution >= 4 is 32.3 Å². The van der Waals surface area contributed by atoms with E-state index < -0.39 is 0 Å². The van der Waals surface area contributed by atoms with Crippen LogP contribution >= 0.6 is 0 Å². The fraction of sp³-hybridized carbons (Fsp3) is 0. The van der Waals surface area contributed by atoms with Crippen LogP contribution in [-0.4, -0.2) is 15.0 Å². The van der Waals surface area contributed by atoms with E-state index in [-0.39, 0.29) is 0 Å². The molecule has 0 bridgehead atoms. The molecule has 10 aromatic rings. The lowest BCUT2D eigenvalue weighted by atomic mass is 9.92. The van der Waals surface area contributed by atoms with Gasteiger partial charge in [-0.25, -0.2) is 9.97 Å². The maximum Gasteiger partial charge on any atom is 0.160 e. The first kappa shape index (κ1) is 31.3. The van der Waals surface area contributed by atoms with Gasteiger partial charge in [-0.05, 0) is 102 Å². The van der Waals surface area contributed by atoms with Crippen molar-refractivity contribution in [2.75, 3.05) is 0 Å². The highest BCUT2D eigenvalue weighted by atomic mass is 14.9. The van der Waals surface area contributed by atoms with E-state index in [1.807, 2.05) is 30.5 Å². The molecule has 0 unspecified atom stereocenters. The summed E-state index contributed by atoms with van der Waals surface area (Å²) >= 11 is 0. The Balaban J connectivity index is 1.04. The molecule has 0 fully saturated rings. The third-order valence-corrected chi connectivity index (χ3v) is 10.3. The van der Waals surface area contributed by atoms with E-state index in [0.717, 1.165) is 55.9 Å². The summed E-state index contributed by atoms with van der Waals surface area (Å²) in [5.74, 6) is 0.679. The topological polar surface area (TPSA) is 38.7 Å². The summed E-state index contributed by atoms with van der Waals surface area (Å²) in [6.45, 7) is 0. The highest BCUT2D eigenvalue weighted by Crippen LogP contribution is 2.38. The molecule has 0 N–H and O–H groups in total. The Kier molecular flexibility index (Phi) is 7.71. The average Bonchev–Trinajstić information content (AvgIpc) is 3.27. The largest absolute Gasteiger partial charge is 0.264 e. The summed E-state index contributed by atoms with van der Waals surface area (Å²) in [5, 5.41) is 7.64. The van der Waals surface area contributed by atoms with E-state index >= 15 is 0 Å². The molecule has 0 spiro atoms. The lowest BCUT2D eigenvalue weighted by Gasteiger charge is -2.13. The standard InChI is InChI=1S/C51H31N3/c1-2-9-34(10-3-1)35-16-22-38(23-17-35)49-32-50(39-24-18-37(19-25-39)42-11-8-30-52-33-42)54-51(53-49)40-26-20-36(21-27-40)41-28-29-47-45-14-5-4-12-43(45)44-13-6-7-15-46(44)48(47)31-41/h2,4-33H. The minimum Gasteiger partial charge on any atom is -0.264 e. The maximum atomic E-state index is 5.14. The van der Waals surface area contributed by atoms with E-state index in [1.165, 1.54) is 37.9 Å². The van der Waals surface area contributed by atoms with Gasteiger partial charge in [0.05, 0.1) is 11.4 Å². The SMILES string of the molecule is c1ccc(-c2ccc(-c3cc(-c4ccc(-c5cccnc5)cc4)nc(-c4ccc(-c5ccc6c7ccccc7c7ccccc7c6c5)cc4)n3)cc2)cc#1. The Morgan fingerprint density at radius 2 is 0.833 bits per heavy atom. The minimum atomic E-state index is 0.679. The van der Waals surface area contributed by atoms with Crippen LogP contribution in [0, 0.1) is 12.1 Å². The molecule has 0 amide bonds. The molecule has 0 atom stereocenters. The first-order chi connectivity index (χ1) is 26.7. The normalized spacial score (nSPS) is 11.2. The van der Waals surface area contributed by atoms with Crippen molar-refractivity contribution in [3.63, 3.8) is 0 Å². The first-order valence-corrected chi connectivity index (χ1v) is 18.1.